The van der Waals surface area contributed by atoms with E-state index in [1.54, 1.807) is 49.8 Å². The molecule has 0 spiro atoms. The van der Waals surface area contributed by atoms with Crippen molar-refractivity contribution in [2.24, 2.45) is 5.41 Å². The molecule has 2 saturated heterocycles. The van der Waals surface area contributed by atoms with E-state index in [0.29, 0.717) is 41.9 Å². The summed E-state index contributed by atoms with van der Waals surface area (Å²) in [7, 11) is 0. The Bertz CT molecular complexity index is 2650. The van der Waals surface area contributed by atoms with Gasteiger partial charge in [-0.3, -0.25) is 24.1 Å². The van der Waals surface area contributed by atoms with Crippen molar-refractivity contribution in [2.45, 2.75) is 116 Å². The van der Waals surface area contributed by atoms with Crippen molar-refractivity contribution in [3.8, 4) is 22.3 Å². The first-order valence-corrected chi connectivity index (χ1v) is 24.8. The van der Waals surface area contributed by atoms with Gasteiger partial charge < -0.3 is 40.0 Å². The first-order chi connectivity index (χ1) is 34.4. The molecule has 1 aromatic heterocycles. The van der Waals surface area contributed by atoms with E-state index in [9.17, 15) is 47.4 Å². The topological polar surface area (TPSA) is 224 Å². The Morgan fingerprint density at radius 1 is 0.945 bits per heavy atom. The molecule has 6 rings (SSSR count). The summed E-state index contributed by atoms with van der Waals surface area (Å²) in [6, 6.07) is 15.0. The van der Waals surface area contributed by atoms with E-state index in [-0.39, 0.29) is 57.5 Å². The molecule has 392 valence electrons. The van der Waals surface area contributed by atoms with Gasteiger partial charge in [0.25, 0.3) is 5.91 Å². The Labute approximate surface area is 426 Å². The van der Waals surface area contributed by atoms with Gasteiger partial charge in [-0.1, -0.05) is 45.0 Å². The minimum atomic E-state index is -4.88. The molecule has 5 atom stereocenters. The number of urea groups is 1. The van der Waals surface area contributed by atoms with Crippen LogP contribution >= 0.6 is 11.3 Å². The van der Waals surface area contributed by atoms with E-state index in [1.807, 2.05) is 38.1 Å². The Hall–Kier alpha value is -6.44. The molecule has 17 nitrogen and oxygen atoms in total. The molecule has 2 aliphatic heterocycles. The summed E-state index contributed by atoms with van der Waals surface area (Å²) in [6.07, 6.45) is -5.47. The third kappa shape index (κ3) is 13.6. The largest absolute Gasteiger partial charge is 0.493 e. The van der Waals surface area contributed by atoms with Crippen LogP contribution in [0.1, 0.15) is 95.7 Å². The molecule has 2 unspecified atom stereocenters. The number of nitrogens with one attached hydrogen (secondary N) is 2. The number of rotatable bonds is 21. The van der Waals surface area contributed by atoms with Crippen LogP contribution in [-0.4, -0.2) is 119 Å². The van der Waals surface area contributed by atoms with Crippen LogP contribution in [0.2, 0.25) is 0 Å². The number of ether oxygens (including phenoxy) is 3. The molecule has 3 aromatic carbocycles. The van der Waals surface area contributed by atoms with Gasteiger partial charge in [0.05, 0.1) is 63.8 Å². The highest BCUT2D eigenvalue weighted by molar-refractivity contribution is 7.13. The number of aliphatic hydroxyl groups excluding tert-OH is 2. The number of halogens is 3. The molecule has 73 heavy (non-hydrogen) atoms. The van der Waals surface area contributed by atoms with Crippen LogP contribution < -0.4 is 25.2 Å². The van der Waals surface area contributed by atoms with Gasteiger partial charge >= 0.3 is 12.2 Å². The monoisotopic (exact) mass is 1030 g/mol. The molecular formula is C52H62F3N7O10S. The smallest absolute Gasteiger partial charge is 0.417 e. The zero-order valence-corrected chi connectivity index (χ0v) is 42.6. The maximum Gasteiger partial charge on any atom is 0.417 e. The molecular weight excluding hydrogens is 972 g/mol. The second kappa shape index (κ2) is 23.6. The number of benzene rings is 3. The maximum atomic E-state index is 14.0. The van der Waals surface area contributed by atoms with Gasteiger partial charge in [-0.15, -0.1) is 11.3 Å². The fourth-order valence-corrected chi connectivity index (χ4v) is 9.39. The average molecular weight is 1030 g/mol. The lowest BCUT2D eigenvalue weighted by atomic mass is 9.85. The number of likely N-dealkylation sites (tertiary alicyclic amines) is 1. The lowest BCUT2D eigenvalue weighted by Gasteiger charge is -2.35. The Kier molecular flexibility index (Phi) is 18.1. The number of β-amino-alcohol motifs (C(OH)–C–C–N with tert-alkyl or cyclic N) is 1. The molecule has 2 aliphatic rings. The van der Waals surface area contributed by atoms with Crippen molar-refractivity contribution in [2.75, 3.05) is 49.4 Å². The Balaban J connectivity index is 0.873. The Morgan fingerprint density at radius 2 is 1.60 bits per heavy atom. The second-order valence-electron chi connectivity index (χ2n) is 19.6. The van der Waals surface area contributed by atoms with E-state index in [1.165, 1.54) is 41.8 Å². The highest BCUT2D eigenvalue weighted by Crippen LogP contribution is 2.40. The molecule has 0 saturated carbocycles. The quantitative estimate of drug-likeness (QED) is 0.0486. The van der Waals surface area contributed by atoms with Crippen LogP contribution in [0.15, 0.2) is 72.2 Å². The van der Waals surface area contributed by atoms with E-state index >= 15 is 0 Å². The van der Waals surface area contributed by atoms with Gasteiger partial charge in [-0.05, 0) is 99.5 Å². The number of aryl methyl sites for hydroxylation is 1. The summed E-state index contributed by atoms with van der Waals surface area (Å²) in [5.41, 5.74) is 0.491. The fourth-order valence-electron chi connectivity index (χ4n) is 8.58. The lowest BCUT2D eigenvalue weighted by Crippen LogP contribution is -2.58. The summed E-state index contributed by atoms with van der Waals surface area (Å²) in [5.74, 6) is -1.76. The average Bonchev–Trinajstić information content (AvgIpc) is 4.00. The third-order valence-electron chi connectivity index (χ3n) is 12.6. The van der Waals surface area contributed by atoms with Crippen LogP contribution in [0.3, 0.4) is 0 Å². The molecule has 21 heteroatoms. The van der Waals surface area contributed by atoms with Gasteiger partial charge in [0.2, 0.25) is 17.7 Å². The van der Waals surface area contributed by atoms with Gasteiger partial charge in [-0.2, -0.15) is 18.4 Å². The van der Waals surface area contributed by atoms with E-state index in [0.717, 1.165) is 33.8 Å². The zero-order valence-electron chi connectivity index (χ0n) is 41.8. The van der Waals surface area contributed by atoms with Gasteiger partial charge in [0.1, 0.15) is 30.0 Å². The third-order valence-corrected chi connectivity index (χ3v) is 13.6. The summed E-state index contributed by atoms with van der Waals surface area (Å²) in [5, 5.41) is 36.0. The summed E-state index contributed by atoms with van der Waals surface area (Å²) >= 11 is 1.55. The lowest BCUT2D eigenvalue weighted by molar-refractivity contribution is -0.144. The molecule has 6 amide bonds. The second-order valence-corrected chi connectivity index (χ2v) is 20.5. The standard InChI is InChI=1S/C52H62F3N7O10S/c1-31(33-9-11-34(12-10-33)44-32(2)57-30-73-44)58-46(66)42-26-39(64)28-60(42)47(67)45(50(3,4)5)59-43(65)29-71-22-8-21-70-23-19-38(63)20-24-72-40-17-15-36(16-18-40)62-49(69)61(48(68)51(62,6)7)37-14-13-35(27-56)41(25-37)52(53,54)55/h9-18,25,30-31,38-39,42,45,63-64H,8,19-24,26,28-29H2,1-7H3,(H,58,66)(H,59,65)/t31-,38?,39+,42-,45?/m0/s1. The SMILES string of the molecule is Cc1ncsc1-c1ccc([C@H](C)NC(=O)[C@@H]2C[C@@H](O)CN2C(=O)C(NC(=O)COCCCOCCC(O)CCOc2ccc(N3C(=O)N(c4ccc(C#N)c(C(F)(F)F)c4)C(=O)C3(C)C)cc2)C(C)(C)C)cc1. The number of amides is 6. The van der Waals surface area contributed by atoms with E-state index in [2.05, 4.69) is 15.6 Å². The number of hydrogen-bond acceptors (Lipinski definition) is 13. The molecule has 0 aliphatic carbocycles. The van der Waals surface area contributed by atoms with Crippen molar-refractivity contribution in [1.29, 1.82) is 5.26 Å². The number of nitriles is 1. The number of thiazole rings is 1. The predicted octanol–water partition coefficient (Wildman–Crippen LogP) is 7.07. The molecule has 4 N–H and O–H groups in total. The van der Waals surface area contributed by atoms with Gasteiger partial charge in [0.15, 0.2) is 0 Å². The number of anilines is 2. The number of hydrogen-bond donors (Lipinski definition) is 4. The van der Waals surface area contributed by atoms with Gasteiger partial charge in [0, 0.05) is 44.9 Å². The first kappa shape index (κ1) is 55.9. The van der Waals surface area contributed by atoms with Crippen LogP contribution in [0, 0.1) is 23.7 Å². The Morgan fingerprint density at radius 3 is 2.23 bits per heavy atom. The normalized spacial score (nSPS) is 18.1. The minimum absolute atomic E-state index is 0.0565. The van der Waals surface area contributed by atoms with E-state index < -0.39 is 82.2 Å². The van der Waals surface area contributed by atoms with Crippen molar-refractivity contribution >= 4 is 52.4 Å². The molecule has 2 fully saturated rings. The van der Waals surface area contributed by atoms with Crippen molar-refractivity contribution in [1.82, 2.24) is 20.5 Å². The number of aromatic nitrogens is 1. The number of carbonyl (C=O) groups excluding carboxylic acids is 5. The van der Waals surface area contributed by atoms with Crippen LogP contribution in [-0.2, 0) is 34.8 Å². The van der Waals surface area contributed by atoms with Crippen LogP contribution in [0.4, 0.5) is 29.3 Å². The summed E-state index contributed by atoms with van der Waals surface area (Å²) in [6.45, 7) is 12.6. The van der Waals surface area contributed by atoms with Gasteiger partial charge in [-0.25, -0.2) is 14.7 Å². The van der Waals surface area contributed by atoms with Crippen molar-refractivity contribution in [3.05, 3.63) is 94.6 Å². The highest BCUT2D eigenvalue weighted by Gasteiger charge is 2.53. The molecule has 0 radical (unpaired) electrons. The van der Waals surface area contributed by atoms with E-state index in [4.69, 9.17) is 19.5 Å². The fraction of sp³-hybridized carbons (Fsp3) is 0.481. The molecule has 4 aromatic rings. The number of carbonyl (C=O) groups is 5. The predicted molar refractivity (Wildman–Crippen MR) is 265 cm³/mol. The molecule has 3 heterocycles. The zero-order chi connectivity index (χ0) is 53.4. The van der Waals surface area contributed by atoms with Crippen molar-refractivity contribution < 1.29 is 61.6 Å². The molecule has 0 bridgehead atoms. The number of imide groups is 1. The summed E-state index contributed by atoms with van der Waals surface area (Å²) < 4.78 is 58.0. The first-order valence-electron chi connectivity index (χ1n) is 23.9. The van der Waals surface area contributed by atoms with Crippen LogP contribution in [0.5, 0.6) is 5.75 Å². The number of nitrogens with zero attached hydrogens (tertiary/aromatic N) is 5. The summed E-state index contributed by atoms with van der Waals surface area (Å²) in [4.78, 5) is 76.2. The maximum absolute atomic E-state index is 14.0. The number of aliphatic hydroxyl groups is 2. The minimum Gasteiger partial charge on any atom is -0.493 e. The number of alkyl halides is 3. The van der Waals surface area contributed by atoms with Crippen molar-refractivity contribution in [3.63, 3.8) is 0 Å². The highest BCUT2D eigenvalue weighted by atomic mass is 32.1. The van der Waals surface area contributed by atoms with Crippen LogP contribution in [0.25, 0.3) is 10.4 Å².